The normalized spacial score (nSPS) is 10.2. The maximum atomic E-state index is 11.4. The van der Waals surface area contributed by atoms with Gasteiger partial charge < -0.3 is 0 Å². The van der Waals surface area contributed by atoms with Gasteiger partial charge in [-0.25, -0.2) is 0 Å². The van der Waals surface area contributed by atoms with E-state index in [1.165, 1.54) is 0 Å². The molecule has 0 aromatic heterocycles. The molecule has 0 atom stereocenters. The first kappa shape index (κ1) is 11.7. The third-order valence-electron chi connectivity index (χ3n) is 1.76. The molecule has 0 aliphatic heterocycles. The number of benzene rings is 1. The molecule has 0 aliphatic carbocycles. The molecule has 0 unspecified atom stereocenters. The minimum atomic E-state index is 0.128. The molecular weight excluding hydrogens is 411 g/mol. The number of carbonyl (C=O) groups is 1. The van der Waals surface area contributed by atoms with Gasteiger partial charge in [-0.2, -0.15) is 0 Å². The van der Waals surface area contributed by atoms with Crippen molar-refractivity contribution < 1.29 is 4.79 Å². The van der Waals surface area contributed by atoms with Gasteiger partial charge in [0.1, 0.15) is 0 Å². The first-order valence-corrected chi connectivity index (χ1v) is 6.61. The van der Waals surface area contributed by atoms with E-state index >= 15 is 0 Å². The van der Waals surface area contributed by atoms with E-state index in [4.69, 9.17) is 0 Å². The summed E-state index contributed by atoms with van der Waals surface area (Å²) < 4.78 is 2.14. The highest BCUT2D eigenvalue weighted by Crippen LogP contribution is 2.25. The molecule has 1 aromatic carbocycles. The molecule has 0 amide bonds. The summed E-state index contributed by atoms with van der Waals surface area (Å²) in [6.45, 7) is 1.96. The van der Waals surface area contributed by atoms with Crippen LogP contribution in [0.4, 0.5) is 0 Å². The Labute approximate surface area is 108 Å². The van der Waals surface area contributed by atoms with Crippen molar-refractivity contribution >= 4 is 60.2 Å². The Hall–Kier alpha value is 0.580. The SMILES string of the molecule is Cc1c(C(=O)CBr)ccc(Br)c1I. The van der Waals surface area contributed by atoms with Crippen molar-refractivity contribution in [1.82, 2.24) is 0 Å². The van der Waals surface area contributed by atoms with Crippen molar-refractivity contribution in [1.29, 1.82) is 0 Å². The third-order valence-corrected chi connectivity index (χ3v) is 5.06. The van der Waals surface area contributed by atoms with Crippen molar-refractivity contribution in [3.8, 4) is 0 Å². The second-order valence-corrected chi connectivity index (χ2v) is 5.08. The van der Waals surface area contributed by atoms with Crippen LogP contribution in [0.5, 0.6) is 0 Å². The van der Waals surface area contributed by atoms with Gasteiger partial charge >= 0.3 is 0 Å². The van der Waals surface area contributed by atoms with E-state index in [-0.39, 0.29) is 5.78 Å². The molecule has 1 nitrogen and oxygen atoms in total. The summed E-state index contributed by atoms with van der Waals surface area (Å²) in [6, 6.07) is 3.76. The predicted molar refractivity (Wildman–Crippen MR) is 69.7 cm³/mol. The summed E-state index contributed by atoms with van der Waals surface area (Å²) in [7, 11) is 0. The fraction of sp³-hybridized carbons (Fsp3) is 0.222. The molecule has 1 rings (SSSR count). The van der Waals surface area contributed by atoms with Gasteiger partial charge in [-0.1, -0.05) is 15.9 Å². The van der Waals surface area contributed by atoms with Crippen molar-refractivity contribution in [2.24, 2.45) is 0 Å². The van der Waals surface area contributed by atoms with E-state index in [2.05, 4.69) is 54.5 Å². The Balaban J connectivity index is 3.26. The zero-order chi connectivity index (χ0) is 10.0. The van der Waals surface area contributed by atoms with E-state index in [9.17, 15) is 4.79 Å². The fourth-order valence-electron chi connectivity index (χ4n) is 1.03. The number of Topliss-reactive ketones (excluding diaryl/α,β-unsaturated/α-hetero) is 1. The van der Waals surface area contributed by atoms with Crippen LogP contribution >= 0.6 is 54.5 Å². The second kappa shape index (κ2) is 4.89. The molecule has 0 spiro atoms. The number of carbonyl (C=O) groups excluding carboxylic acids is 1. The summed E-state index contributed by atoms with van der Waals surface area (Å²) in [4.78, 5) is 11.4. The molecule has 0 N–H and O–H groups in total. The summed E-state index contributed by atoms with van der Waals surface area (Å²) in [5.41, 5.74) is 1.84. The molecular formula is C9H7Br2IO. The van der Waals surface area contributed by atoms with Crippen LogP contribution in [0.25, 0.3) is 0 Å². The average molecular weight is 418 g/mol. The Morgan fingerprint density at radius 2 is 2.15 bits per heavy atom. The summed E-state index contributed by atoms with van der Waals surface area (Å²) >= 11 is 8.82. The molecule has 70 valence electrons. The Bertz CT molecular complexity index is 350. The lowest BCUT2D eigenvalue weighted by molar-refractivity contribution is 0.102. The van der Waals surface area contributed by atoms with Crippen molar-refractivity contribution in [3.05, 3.63) is 31.3 Å². The molecule has 0 fully saturated rings. The molecule has 13 heavy (non-hydrogen) atoms. The van der Waals surface area contributed by atoms with Crippen LogP contribution in [-0.4, -0.2) is 11.1 Å². The molecule has 1 aromatic rings. The highest BCUT2D eigenvalue weighted by atomic mass is 127. The largest absolute Gasteiger partial charge is 0.293 e. The van der Waals surface area contributed by atoms with Crippen LogP contribution in [0, 0.1) is 10.5 Å². The Kier molecular flexibility index (Phi) is 4.38. The minimum absolute atomic E-state index is 0.128. The Morgan fingerprint density at radius 1 is 1.54 bits per heavy atom. The first-order chi connectivity index (χ1) is 6.07. The van der Waals surface area contributed by atoms with Gasteiger partial charge in [-0.3, -0.25) is 4.79 Å². The van der Waals surface area contributed by atoms with Gasteiger partial charge in [0.05, 0.1) is 5.33 Å². The quantitative estimate of drug-likeness (QED) is 0.405. The Morgan fingerprint density at radius 3 is 2.69 bits per heavy atom. The van der Waals surface area contributed by atoms with Gasteiger partial charge in [-0.15, -0.1) is 0 Å². The topological polar surface area (TPSA) is 17.1 Å². The zero-order valence-electron chi connectivity index (χ0n) is 6.90. The van der Waals surface area contributed by atoms with Crippen molar-refractivity contribution in [2.45, 2.75) is 6.92 Å². The van der Waals surface area contributed by atoms with Crippen LogP contribution in [-0.2, 0) is 0 Å². The lowest BCUT2D eigenvalue weighted by Crippen LogP contribution is -2.04. The van der Waals surface area contributed by atoms with Crippen LogP contribution < -0.4 is 0 Å². The second-order valence-electron chi connectivity index (χ2n) is 2.59. The number of hydrogen-bond donors (Lipinski definition) is 0. The molecule has 0 saturated heterocycles. The first-order valence-electron chi connectivity index (χ1n) is 3.61. The van der Waals surface area contributed by atoms with E-state index in [1.807, 2.05) is 19.1 Å². The zero-order valence-corrected chi connectivity index (χ0v) is 12.2. The van der Waals surface area contributed by atoms with Gasteiger partial charge in [0.15, 0.2) is 5.78 Å². The van der Waals surface area contributed by atoms with E-state index in [0.717, 1.165) is 19.2 Å². The number of hydrogen-bond acceptors (Lipinski definition) is 1. The average Bonchev–Trinajstić information content (AvgIpc) is 2.13. The van der Waals surface area contributed by atoms with E-state index < -0.39 is 0 Å². The highest BCUT2D eigenvalue weighted by Gasteiger charge is 2.11. The molecule has 0 heterocycles. The lowest BCUT2D eigenvalue weighted by Gasteiger charge is -2.06. The van der Waals surface area contributed by atoms with Crippen LogP contribution in [0.1, 0.15) is 15.9 Å². The van der Waals surface area contributed by atoms with Crippen LogP contribution in [0.15, 0.2) is 16.6 Å². The monoisotopic (exact) mass is 416 g/mol. The van der Waals surface area contributed by atoms with Gasteiger partial charge in [0.2, 0.25) is 0 Å². The maximum absolute atomic E-state index is 11.4. The lowest BCUT2D eigenvalue weighted by atomic mass is 10.1. The van der Waals surface area contributed by atoms with Crippen LogP contribution in [0.3, 0.4) is 0 Å². The van der Waals surface area contributed by atoms with Gasteiger partial charge in [0.25, 0.3) is 0 Å². The summed E-state index contributed by atoms with van der Waals surface area (Å²) in [5, 5.41) is 0.381. The van der Waals surface area contributed by atoms with E-state index in [1.54, 1.807) is 0 Å². The number of alkyl halides is 1. The third kappa shape index (κ3) is 2.53. The molecule has 0 radical (unpaired) electrons. The van der Waals surface area contributed by atoms with E-state index in [0.29, 0.717) is 5.33 Å². The predicted octanol–water partition coefficient (Wildman–Crippen LogP) is 3.94. The summed E-state index contributed by atoms with van der Waals surface area (Å²) in [6.07, 6.45) is 0. The molecule has 0 saturated carbocycles. The van der Waals surface area contributed by atoms with Crippen LogP contribution in [0.2, 0.25) is 0 Å². The highest BCUT2D eigenvalue weighted by molar-refractivity contribution is 14.1. The standard InChI is InChI=1S/C9H7Br2IO/c1-5-6(8(13)4-10)2-3-7(11)9(5)12/h2-3H,4H2,1H3. The fourth-order valence-corrected chi connectivity index (χ4v) is 2.23. The number of halogens is 3. The number of ketones is 1. The molecule has 0 aliphatic rings. The van der Waals surface area contributed by atoms with Crippen molar-refractivity contribution in [3.63, 3.8) is 0 Å². The smallest absolute Gasteiger partial charge is 0.173 e. The van der Waals surface area contributed by atoms with Gasteiger partial charge in [-0.05, 0) is 63.1 Å². The summed E-state index contributed by atoms with van der Waals surface area (Å²) in [5.74, 6) is 0.128. The molecule has 0 bridgehead atoms. The number of rotatable bonds is 2. The van der Waals surface area contributed by atoms with Crippen molar-refractivity contribution in [2.75, 3.05) is 5.33 Å². The maximum Gasteiger partial charge on any atom is 0.173 e. The van der Waals surface area contributed by atoms with Gasteiger partial charge in [0, 0.05) is 13.6 Å². The molecule has 4 heteroatoms. The minimum Gasteiger partial charge on any atom is -0.293 e.